The molecule has 174 valence electrons. The number of amides is 3. The molecular formula is C25H25N5O4. The van der Waals surface area contributed by atoms with Gasteiger partial charge in [-0.25, -0.2) is 9.78 Å². The van der Waals surface area contributed by atoms with Crippen LogP contribution in [-0.4, -0.2) is 29.0 Å². The van der Waals surface area contributed by atoms with Crippen LogP contribution < -0.4 is 25.5 Å². The highest BCUT2D eigenvalue weighted by molar-refractivity contribution is 5.93. The lowest BCUT2D eigenvalue weighted by Gasteiger charge is -2.20. The van der Waals surface area contributed by atoms with Gasteiger partial charge in [0.1, 0.15) is 17.3 Å². The number of nitrogens with zero attached hydrogens (tertiary/aromatic N) is 2. The Morgan fingerprint density at radius 1 is 1.21 bits per heavy atom. The number of carbonyl (C=O) groups excluding carboxylic acids is 2. The molecule has 0 spiro atoms. The number of nitrogens with one attached hydrogen (secondary N) is 3. The van der Waals surface area contributed by atoms with Crippen LogP contribution in [0.3, 0.4) is 0 Å². The predicted molar refractivity (Wildman–Crippen MR) is 127 cm³/mol. The van der Waals surface area contributed by atoms with Crippen LogP contribution in [0.4, 0.5) is 16.3 Å². The lowest BCUT2D eigenvalue weighted by atomic mass is 10.1. The summed E-state index contributed by atoms with van der Waals surface area (Å²) in [6.07, 6.45) is 2.57. The molecule has 0 aliphatic carbocycles. The molecule has 1 atom stereocenters. The number of hydroxylamine groups is 2. The van der Waals surface area contributed by atoms with Gasteiger partial charge in [0.05, 0.1) is 6.04 Å². The average molecular weight is 460 g/mol. The van der Waals surface area contributed by atoms with Crippen molar-refractivity contribution in [2.45, 2.75) is 32.4 Å². The fraction of sp³-hybridized carbons (Fsp3) is 0.240. The molecule has 2 aliphatic rings. The first-order valence-corrected chi connectivity index (χ1v) is 11.1. The lowest BCUT2D eigenvalue weighted by Crippen LogP contribution is -2.35. The number of anilines is 2. The highest BCUT2D eigenvalue weighted by Gasteiger charge is 2.34. The molecule has 0 saturated carbocycles. The second-order valence-electron chi connectivity index (χ2n) is 8.24. The number of hydrogen-bond donors (Lipinski definition) is 3. The Bertz CT molecular complexity index is 1240. The van der Waals surface area contributed by atoms with E-state index in [9.17, 15) is 9.59 Å². The van der Waals surface area contributed by atoms with Crippen LogP contribution in [0, 0.1) is 0 Å². The second-order valence-corrected chi connectivity index (χ2v) is 8.24. The molecule has 9 nitrogen and oxygen atoms in total. The van der Waals surface area contributed by atoms with Crippen molar-refractivity contribution in [1.82, 2.24) is 15.4 Å². The number of urea groups is 1. The molecule has 3 heterocycles. The molecule has 1 aromatic heterocycles. The van der Waals surface area contributed by atoms with E-state index in [1.807, 2.05) is 44.3 Å². The zero-order valence-electron chi connectivity index (χ0n) is 18.9. The van der Waals surface area contributed by atoms with Crippen molar-refractivity contribution in [3.05, 3.63) is 71.4 Å². The van der Waals surface area contributed by atoms with Crippen LogP contribution in [-0.2, 0) is 17.8 Å². The Kier molecular flexibility index (Phi) is 5.77. The normalized spacial score (nSPS) is 16.2. The van der Waals surface area contributed by atoms with Gasteiger partial charge in [0, 0.05) is 36.0 Å². The maximum atomic E-state index is 12.9. The SMILES string of the molecule is CNCc1ccc(NC(=O)N2Oc3ccc(Oc4ccnc5c4CCC(=O)N5)cc3[C@@H]2C)cc1. The van der Waals surface area contributed by atoms with E-state index in [1.165, 1.54) is 5.06 Å². The fourth-order valence-electron chi connectivity index (χ4n) is 4.10. The first-order chi connectivity index (χ1) is 16.5. The maximum Gasteiger partial charge on any atom is 0.355 e. The van der Waals surface area contributed by atoms with E-state index in [-0.39, 0.29) is 18.0 Å². The highest BCUT2D eigenvalue weighted by atomic mass is 16.7. The smallest absolute Gasteiger partial charge is 0.355 e. The minimum atomic E-state index is -0.355. The van der Waals surface area contributed by atoms with Crippen molar-refractivity contribution in [2.24, 2.45) is 0 Å². The zero-order chi connectivity index (χ0) is 23.7. The Labute approximate surface area is 197 Å². The van der Waals surface area contributed by atoms with Gasteiger partial charge in [-0.05, 0) is 62.4 Å². The molecule has 0 bridgehead atoms. The minimum Gasteiger partial charge on any atom is -0.457 e. The molecule has 34 heavy (non-hydrogen) atoms. The lowest BCUT2D eigenvalue weighted by molar-refractivity contribution is -0.116. The van der Waals surface area contributed by atoms with E-state index in [0.717, 1.165) is 23.2 Å². The molecule has 3 N–H and O–H groups in total. The second kappa shape index (κ2) is 9.03. The third kappa shape index (κ3) is 4.25. The quantitative estimate of drug-likeness (QED) is 0.523. The number of ether oxygens (including phenoxy) is 1. The third-order valence-electron chi connectivity index (χ3n) is 5.87. The number of pyridine rings is 1. The number of benzene rings is 2. The molecule has 2 aliphatic heterocycles. The Hall–Kier alpha value is -4.11. The predicted octanol–water partition coefficient (Wildman–Crippen LogP) is 4.38. The maximum absolute atomic E-state index is 12.9. The number of hydrogen-bond acceptors (Lipinski definition) is 6. The van der Waals surface area contributed by atoms with Gasteiger partial charge in [-0.1, -0.05) is 12.1 Å². The highest BCUT2D eigenvalue weighted by Crippen LogP contribution is 2.41. The molecule has 3 amide bonds. The van der Waals surface area contributed by atoms with Gasteiger partial charge < -0.3 is 25.5 Å². The van der Waals surface area contributed by atoms with E-state index in [0.29, 0.717) is 41.6 Å². The van der Waals surface area contributed by atoms with Crippen LogP contribution in [0.15, 0.2) is 54.7 Å². The summed E-state index contributed by atoms with van der Waals surface area (Å²) in [6.45, 7) is 2.66. The molecule has 9 heteroatoms. The molecule has 2 aromatic carbocycles. The number of carbonyl (C=O) groups is 2. The zero-order valence-corrected chi connectivity index (χ0v) is 18.9. The number of rotatable bonds is 5. The van der Waals surface area contributed by atoms with Gasteiger partial charge in [-0.15, -0.1) is 5.06 Å². The summed E-state index contributed by atoms with van der Waals surface area (Å²) in [4.78, 5) is 34.6. The summed E-state index contributed by atoms with van der Waals surface area (Å²) in [7, 11) is 1.89. The number of fused-ring (bicyclic) bond motifs is 2. The Balaban J connectivity index is 1.29. The standard InChI is InChI=1S/C25H25N5O4/c1-15-20-13-18(33-21-11-12-27-24-19(21)8-10-23(31)29-24)7-9-22(20)34-30(15)25(32)28-17-5-3-16(4-6-17)14-26-2/h3-7,9,11-13,15,26H,8,10,14H2,1-2H3,(H,28,32)(H,27,29,31)/t15-/m0/s1. The van der Waals surface area contributed by atoms with Crippen molar-refractivity contribution in [3.8, 4) is 17.2 Å². The van der Waals surface area contributed by atoms with Gasteiger partial charge in [0.15, 0.2) is 5.75 Å². The van der Waals surface area contributed by atoms with E-state index < -0.39 is 0 Å². The Morgan fingerprint density at radius 2 is 2.03 bits per heavy atom. The summed E-state index contributed by atoms with van der Waals surface area (Å²) in [6, 6.07) is 14.2. The van der Waals surface area contributed by atoms with E-state index >= 15 is 0 Å². The molecule has 3 aromatic rings. The van der Waals surface area contributed by atoms with Gasteiger partial charge in [0.25, 0.3) is 0 Å². The van der Waals surface area contributed by atoms with Gasteiger partial charge in [-0.2, -0.15) is 0 Å². The first-order valence-electron chi connectivity index (χ1n) is 11.1. The van der Waals surface area contributed by atoms with Crippen LogP contribution in [0.5, 0.6) is 17.2 Å². The molecule has 0 fully saturated rings. The third-order valence-corrected chi connectivity index (χ3v) is 5.87. The van der Waals surface area contributed by atoms with E-state index in [2.05, 4.69) is 20.9 Å². The van der Waals surface area contributed by atoms with Crippen molar-refractivity contribution in [1.29, 1.82) is 0 Å². The summed E-state index contributed by atoms with van der Waals surface area (Å²) in [5.74, 6) is 2.35. The van der Waals surface area contributed by atoms with Crippen molar-refractivity contribution in [2.75, 3.05) is 17.7 Å². The van der Waals surface area contributed by atoms with Crippen LogP contribution in [0.25, 0.3) is 0 Å². The molecule has 5 rings (SSSR count). The van der Waals surface area contributed by atoms with Gasteiger partial charge in [0.2, 0.25) is 5.91 Å². The fourth-order valence-corrected chi connectivity index (χ4v) is 4.10. The van der Waals surface area contributed by atoms with Crippen LogP contribution in [0.1, 0.15) is 36.1 Å². The summed E-state index contributed by atoms with van der Waals surface area (Å²) in [5, 5.41) is 10.1. The summed E-state index contributed by atoms with van der Waals surface area (Å²) in [5.41, 5.74) is 3.53. The summed E-state index contributed by atoms with van der Waals surface area (Å²) < 4.78 is 6.14. The number of aromatic nitrogens is 1. The van der Waals surface area contributed by atoms with Crippen LogP contribution in [0.2, 0.25) is 0 Å². The molecular weight excluding hydrogens is 434 g/mol. The first kappa shape index (κ1) is 21.7. The van der Waals surface area contributed by atoms with Crippen molar-refractivity contribution in [3.63, 3.8) is 0 Å². The van der Waals surface area contributed by atoms with Gasteiger partial charge in [-0.3, -0.25) is 4.79 Å². The van der Waals surface area contributed by atoms with E-state index in [4.69, 9.17) is 9.57 Å². The molecule has 0 radical (unpaired) electrons. The van der Waals surface area contributed by atoms with Crippen molar-refractivity contribution >= 4 is 23.4 Å². The molecule has 0 unspecified atom stereocenters. The topological polar surface area (TPSA) is 105 Å². The van der Waals surface area contributed by atoms with Crippen LogP contribution >= 0.6 is 0 Å². The summed E-state index contributed by atoms with van der Waals surface area (Å²) >= 11 is 0. The molecule has 0 saturated heterocycles. The van der Waals surface area contributed by atoms with Gasteiger partial charge >= 0.3 is 6.03 Å². The monoisotopic (exact) mass is 459 g/mol. The minimum absolute atomic E-state index is 0.0482. The average Bonchev–Trinajstić information content (AvgIpc) is 3.16. The Morgan fingerprint density at radius 3 is 2.82 bits per heavy atom. The van der Waals surface area contributed by atoms with E-state index in [1.54, 1.807) is 24.4 Å². The largest absolute Gasteiger partial charge is 0.457 e. The van der Waals surface area contributed by atoms with Crippen molar-refractivity contribution < 1.29 is 19.2 Å².